The molecule has 7 aromatic rings. The lowest BCUT2D eigenvalue weighted by atomic mass is 9.80. The van der Waals surface area contributed by atoms with E-state index in [0.29, 0.717) is 26.4 Å². The fraction of sp³-hybridized carbons (Fsp3) is 0.208. The molecule has 5 atom stereocenters. The quantitative estimate of drug-likeness (QED) is 0.0808. The van der Waals surface area contributed by atoms with Crippen molar-refractivity contribution in [3.8, 4) is 0 Å². The summed E-state index contributed by atoms with van der Waals surface area (Å²) in [6.07, 6.45) is -3.39. The third-order valence-corrected chi connectivity index (χ3v) is 10.7. The zero-order valence-corrected chi connectivity index (χ0v) is 33.1. The molecule has 59 heavy (non-hydrogen) atoms. The maximum absolute atomic E-state index is 7.44. The van der Waals surface area contributed by atoms with Gasteiger partial charge in [-0.1, -0.05) is 212 Å². The van der Waals surface area contributed by atoms with E-state index in [4.69, 9.17) is 28.4 Å². The van der Waals surface area contributed by atoms with Crippen LogP contribution in [0.25, 0.3) is 0 Å². The molecule has 8 rings (SSSR count). The van der Waals surface area contributed by atoms with Gasteiger partial charge in [0.1, 0.15) is 30.0 Å². The minimum Gasteiger partial charge on any atom is -0.368 e. The van der Waals surface area contributed by atoms with Crippen molar-refractivity contribution in [1.82, 2.24) is 0 Å². The topological polar surface area (TPSA) is 55.4 Å². The van der Waals surface area contributed by atoms with E-state index in [1.165, 1.54) is 0 Å². The van der Waals surface area contributed by atoms with Gasteiger partial charge in [0.05, 0.1) is 33.0 Å². The van der Waals surface area contributed by atoms with Crippen LogP contribution >= 0.6 is 0 Å². The summed E-state index contributed by atoms with van der Waals surface area (Å²) >= 11 is 0. The molecule has 0 N–H and O–H groups in total. The minimum atomic E-state index is -0.988. The molecule has 7 aromatic carbocycles. The summed E-state index contributed by atoms with van der Waals surface area (Å²) in [5, 5.41) is 0. The molecule has 1 saturated heterocycles. The van der Waals surface area contributed by atoms with Crippen molar-refractivity contribution in [2.24, 2.45) is 0 Å². The molecule has 6 nitrogen and oxygen atoms in total. The number of rotatable bonds is 18. The van der Waals surface area contributed by atoms with Crippen molar-refractivity contribution in [3.63, 3.8) is 0 Å². The summed E-state index contributed by atoms with van der Waals surface area (Å²) in [5.74, 6) is 0. The number of ether oxygens (including phenoxy) is 6. The Morgan fingerprint density at radius 3 is 1.02 bits per heavy atom. The molecule has 0 aromatic heterocycles. The molecule has 6 heteroatoms. The lowest BCUT2D eigenvalue weighted by Gasteiger charge is -2.47. The molecule has 1 fully saturated rings. The van der Waals surface area contributed by atoms with Crippen LogP contribution in [0.15, 0.2) is 212 Å². The van der Waals surface area contributed by atoms with Crippen molar-refractivity contribution in [1.29, 1.82) is 0 Å². The Bertz CT molecular complexity index is 2130. The van der Waals surface area contributed by atoms with Crippen LogP contribution in [0, 0.1) is 0 Å². The van der Waals surface area contributed by atoms with Crippen LogP contribution in [0.3, 0.4) is 0 Å². The van der Waals surface area contributed by atoms with Crippen LogP contribution in [0.2, 0.25) is 0 Å². The van der Waals surface area contributed by atoms with Crippen LogP contribution < -0.4 is 0 Å². The highest BCUT2D eigenvalue weighted by Crippen LogP contribution is 2.42. The molecule has 1 aliphatic rings. The van der Waals surface area contributed by atoms with Crippen molar-refractivity contribution in [3.05, 3.63) is 251 Å². The van der Waals surface area contributed by atoms with Crippen LogP contribution in [0.4, 0.5) is 0 Å². The Kier molecular flexibility index (Phi) is 13.8. The first-order chi connectivity index (χ1) is 29.3. The van der Waals surface area contributed by atoms with Gasteiger partial charge in [0.15, 0.2) is 6.29 Å². The van der Waals surface area contributed by atoms with Gasteiger partial charge in [-0.05, 0) is 38.9 Å². The summed E-state index contributed by atoms with van der Waals surface area (Å²) in [6.45, 7) is 1.45. The average molecular weight is 783 g/mol. The van der Waals surface area contributed by atoms with Crippen LogP contribution in [-0.2, 0) is 60.4 Å². The Morgan fingerprint density at radius 2 is 0.644 bits per heavy atom. The summed E-state index contributed by atoms with van der Waals surface area (Å²) in [4.78, 5) is 0. The van der Waals surface area contributed by atoms with Gasteiger partial charge in [-0.25, -0.2) is 0 Å². The molecule has 1 aliphatic heterocycles. The van der Waals surface area contributed by atoms with E-state index in [-0.39, 0.29) is 6.61 Å². The first-order valence-electron chi connectivity index (χ1n) is 20.3. The Labute approximate surface area is 347 Å². The largest absolute Gasteiger partial charge is 0.368 e. The van der Waals surface area contributed by atoms with Crippen molar-refractivity contribution < 1.29 is 28.4 Å². The summed E-state index contributed by atoms with van der Waals surface area (Å²) in [5.41, 5.74) is 6.11. The molecular weight excluding hydrogens is 733 g/mol. The van der Waals surface area contributed by atoms with Gasteiger partial charge in [-0.2, -0.15) is 0 Å². The predicted octanol–water partition coefficient (Wildman–Crippen LogP) is 10.7. The van der Waals surface area contributed by atoms with E-state index in [2.05, 4.69) is 109 Å². The zero-order valence-electron chi connectivity index (χ0n) is 33.1. The smallest absolute Gasteiger partial charge is 0.187 e. The highest BCUT2D eigenvalue weighted by molar-refractivity contribution is 5.47. The van der Waals surface area contributed by atoms with Crippen LogP contribution in [0.5, 0.6) is 0 Å². The van der Waals surface area contributed by atoms with Crippen molar-refractivity contribution in [2.75, 3.05) is 6.61 Å². The SMILES string of the molecule is c1ccc(COC2O[C@H](COC(c3ccccc3)(c3ccccc3)c3ccccc3)[C@H](OCc3ccccc3)[C@H](OCc3ccccc3)[C@H]2OCc2ccccc2)cc1. The molecule has 0 bridgehead atoms. The normalized spacial score (nSPS) is 19.3. The minimum absolute atomic E-state index is 0.139. The fourth-order valence-electron chi connectivity index (χ4n) is 7.74. The van der Waals surface area contributed by atoms with Gasteiger partial charge in [0, 0.05) is 0 Å². The maximum Gasteiger partial charge on any atom is 0.187 e. The van der Waals surface area contributed by atoms with E-state index in [9.17, 15) is 0 Å². The van der Waals surface area contributed by atoms with E-state index in [1.54, 1.807) is 0 Å². The number of hydrogen-bond acceptors (Lipinski definition) is 6. The second kappa shape index (κ2) is 20.3. The van der Waals surface area contributed by atoms with Crippen LogP contribution in [-0.4, -0.2) is 37.3 Å². The van der Waals surface area contributed by atoms with Crippen LogP contribution in [0.1, 0.15) is 38.9 Å². The second-order valence-electron chi connectivity index (χ2n) is 14.7. The molecular formula is C53H50O6. The first-order valence-corrected chi connectivity index (χ1v) is 20.3. The average Bonchev–Trinajstić information content (AvgIpc) is 3.32. The first kappa shape index (κ1) is 40.1. The summed E-state index contributed by atoms with van der Waals surface area (Å²) in [7, 11) is 0. The van der Waals surface area contributed by atoms with Gasteiger partial charge in [0.25, 0.3) is 0 Å². The predicted molar refractivity (Wildman–Crippen MR) is 230 cm³/mol. The fourth-order valence-corrected chi connectivity index (χ4v) is 7.74. The lowest BCUT2D eigenvalue weighted by molar-refractivity contribution is -0.332. The monoisotopic (exact) mass is 782 g/mol. The van der Waals surface area contributed by atoms with Gasteiger partial charge in [0.2, 0.25) is 0 Å². The molecule has 0 amide bonds. The molecule has 0 saturated carbocycles. The molecule has 0 aliphatic carbocycles. The maximum atomic E-state index is 7.44. The van der Waals surface area contributed by atoms with E-state index in [0.717, 1.165) is 38.9 Å². The van der Waals surface area contributed by atoms with Crippen molar-refractivity contribution in [2.45, 2.75) is 62.7 Å². The third kappa shape index (κ3) is 10.1. The highest BCUT2D eigenvalue weighted by Gasteiger charge is 2.50. The van der Waals surface area contributed by atoms with E-state index < -0.39 is 36.3 Å². The molecule has 1 unspecified atom stereocenters. The Morgan fingerprint density at radius 1 is 0.339 bits per heavy atom. The molecule has 1 heterocycles. The third-order valence-electron chi connectivity index (χ3n) is 10.7. The highest BCUT2D eigenvalue weighted by atomic mass is 16.7. The Balaban J connectivity index is 1.20. The van der Waals surface area contributed by atoms with E-state index >= 15 is 0 Å². The molecule has 0 radical (unpaired) electrons. The number of benzene rings is 7. The number of hydrogen-bond donors (Lipinski definition) is 0. The van der Waals surface area contributed by atoms with Crippen molar-refractivity contribution >= 4 is 0 Å². The standard InChI is InChI=1S/C53H50O6/c1-8-22-41(23-9-1)36-54-49-48(40-58-53(45-30-16-5-17-31-45,46-32-18-6-19-33-46)47-34-20-7-21-35-47)59-52(57-39-44-28-14-4-15-29-44)51(56-38-43-26-12-3-13-27-43)50(49)55-37-42-24-10-2-11-25-42/h1-35,48-52H,36-40H2/t48-,49+,50+,51-,52?/m1/s1. The van der Waals surface area contributed by atoms with Gasteiger partial charge >= 0.3 is 0 Å². The summed E-state index contributed by atoms with van der Waals surface area (Å²) < 4.78 is 42.2. The zero-order chi connectivity index (χ0) is 40.0. The van der Waals surface area contributed by atoms with Gasteiger partial charge in [-0.3, -0.25) is 0 Å². The van der Waals surface area contributed by atoms with Gasteiger partial charge < -0.3 is 28.4 Å². The second-order valence-corrected chi connectivity index (χ2v) is 14.7. The summed E-state index contributed by atoms with van der Waals surface area (Å²) in [6, 6.07) is 71.8. The lowest BCUT2D eigenvalue weighted by Crippen LogP contribution is -2.62. The molecule has 298 valence electrons. The Hall–Kier alpha value is -5.70. The molecule has 0 spiro atoms. The van der Waals surface area contributed by atoms with Gasteiger partial charge in [-0.15, -0.1) is 0 Å². The van der Waals surface area contributed by atoms with E-state index in [1.807, 2.05) is 103 Å².